The molecule has 2 aromatic rings. The van der Waals surface area contributed by atoms with Crippen LogP contribution in [0.4, 0.5) is 4.39 Å². The van der Waals surface area contributed by atoms with Gasteiger partial charge in [0, 0.05) is 17.5 Å². The molecule has 0 atom stereocenters. The van der Waals surface area contributed by atoms with Gasteiger partial charge >= 0.3 is 0 Å². The maximum absolute atomic E-state index is 14.0. The van der Waals surface area contributed by atoms with Crippen LogP contribution in [0.3, 0.4) is 0 Å². The summed E-state index contributed by atoms with van der Waals surface area (Å²) in [5, 5.41) is 22.1. The molecule has 8 heteroatoms. The molecule has 0 radical (unpaired) electrons. The standard InChI is InChI=1S/C20H23FN4O3/c1-12-13(2)23-24-16-5-4-14(8-15(12)16)17(26)25-10-19(28,11-25)9-22-18(27)20(21)6-3-7-20/h4-5,8,28H,3,6-7,9-11H2,1-2H3,(H,22,27). The Hall–Kier alpha value is -2.61. The van der Waals surface area contributed by atoms with Crippen LogP contribution >= 0.6 is 0 Å². The molecular weight excluding hydrogens is 363 g/mol. The summed E-state index contributed by atoms with van der Waals surface area (Å²) < 4.78 is 14.0. The molecule has 1 saturated carbocycles. The number of hydrogen-bond donors (Lipinski definition) is 2. The number of alkyl halides is 1. The lowest BCUT2D eigenvalue weighted by Gasteiger charge is -2.47. The largest absolute Gasteiger partial charge is 0.384 e. The first-order valence-corrected chi connectivity index (χ1v) is 9.43. The summed E-state index contributed by atoms with van der Waals surface area (Å²) in [6.07, 6.45) is 1.16. The van der Waals surface area contributed by atoms with Gasteiger partial charge in [-0.3, -0.25) is 9.59 Å². The van der Waals surface area contributed by atoms with Crippen molar-refractivity contribution in [1.82, 2.24) is 20.4 Å². The Morgan fingerprint density at radius 3 is 2.61 bits per heavy atom. The molecule has 2 fully saturated rings. The lowest BCUT2D eigenvalue weighted by Crippen LogP contribution is -2.68. The van der Waals surface area contributed by atoms with E-state index in [2.05, 4.69) is 15.5 Å². The molecule has 2 amide bonds. The van der Waals surface area contributed by atoms with Gasteiger partial charge in [0.15, 0.2) is 5.67 Å². The van der Waals surface area contributed by atoms with Crippen molar-refractivity contribution in [2.75, 3.05) is 19.6 Å². The Labute approximate surface area is 161 Å². The molecular formula is C20H23FN4O3. The number of likely N-dealkylation sites (tertiary alicyclic amines) is 1. The molecule has 2 heterocycles. The molecule has 7 nitrogen and oxygen atoms in total. The number of benzene rings is 1. The van der Waals surface area contributed by atoms with Gasteiger partial charge in [-0.1, -0.05) is 0 Å². The maximum atomic E-state index is 14.0. The minimum Gasteiger partial charge on any atom is -0.384 e. The highest BCUT2D eigenvalue weighted by Crippen LogP contribution is 2.36. The van der Waals surface area contributed by atoms with Gasteiger partial charge in [0.1, 0.15) is 5.60 Å². The van der Waals surface area contributed by atoms with E-state index in [-0.39, 0.29) is 38.4 Å². The van der Waals surface area contributed by atoms with Gasteiger partial charge in [-0.15, -0.1) is 0 Å². The molecule has 0 unspecified atom stereocenters. The SMILES string of the molecule is Cc1nnc2ccc(C(=O)N3CC(O)(CNC(=O)C4(F)CCC4)C3)cc2c1C. The Morgan fingerprint density at radius 2 is 1.96 bits per heavy atom. The van der Waals surface area contributed by atoms with Crippen LogP contribution in [0.5, 0.6) is 0 Å². The number of halogens is 1. The van der Waals surface area contributed by atoms with E-state index >= 15 is 0 Å². The fraction of sp³-hybridized carbons (Fsp3) is 0.500. The monoisotopic (exact) mass is 386 g/mol. The summed E-state index contributed by atoms with van der Waals surface area (Å²) in [5.41, 5.74) is -0.00777. The summed E-state index contributed by atoms with van der Waals surface area (Å²) in [4.78, 5) is 26.1. The summed E-state index contributed by atoms with van der Waals surface area (Å²) in [6, 6.07) is 5.24. The number of amides is 2. The van der Waals surface area contributed by atoms with Crippen molar-refractivity contribution in [3.05, 3.63) is 35.0 Å². The second-order valence-corrected chi connectivity index (χ2v) is 8.03. The summed E-state index contributed by atoms with van der Waals surface area (Å²) in [6.45, 7) is 3.93. The predicted octanol–water partition coefficient (Wildman–Crippen LogP) is 1.44. The third-order valence-electron chi connectivity index (χ3n) is 5.89. The van der Waals surface area contributed by atoms with Crippen LogP contribution in [0.15, 0.2) is 18.2 Å². The van der Waals surface area contributed by atoms with Crippen molar-refractivity contribution >= 4 is 22.7 Å². The molecule has 1 aliphatic heterocycles. The molecule has 1 aromatic carbocycles. The Balaban J connectivity index is 1.40. The van der Waals surface area contributed by atoms with Crippen molar-refractivity contribution in [2.24, 2.45) is 0 Å². The molecule has 4 rings (SSSR count). The van der Waals surface area contributed by atoms with Crippen LogP contribution in [0.2, 0.25) is 0 Å². The Kier molecular flexibility index (Phi) is 4.33. The highest BCUT2D eigenvalue weighted by molar-refractivity contribution is 5.99. The summed E-state index contributed by atoms with van der Waals surface area (Å²) >= 11 is 0. The zero-order chi connectivity index (χ0) is 20.1. The first kappa shape index (κ1) is 18.7. The Morgan fingerprint density at radius 1 is 1.25 bits per heavy atom. The molecule has 0 bridgehead atoms. The number of carbonyl (C=O) groups is 2. The zero-order valence-corrected chi connectivity index (χ0v) is 16.0. The number of nitrogens with one attached hydrogen (secondary N) is 1. The van der Waals surface area contributed by atoms with Gasteiger partial charge < -0.3 is 15.3 Å². The van der Waals surface area contributed by atoms with Gasteiger partial charge in [0.05, 0.1) is 24.3 Å². The lowest BCUT2D eigenvalue weighted by molar-refractivity contribution is -0.141. The zero-order valence-electron chi connectivity index (χ0n) is 16.0. The molecule has 2 N–H and O–H groups in total. The minimum atomic E-state index is -1.79. The van der Waals surface area contributed by atoms with E-state index in [9.17, 15) is 19.1 Å². The van der Waals surface area contributed by atoms with Gasteiger partial charge in [0.2, 0.25) is 0 Å². The average Bonchev–Trinajstić information content (AvgIpc) is 2.64. The summed E-state index contributed by atoms with van der Waals surface area (Å²) in [5.74, 6) is -0.869. The molecule has 28 heavy (non-hydrogen) atoms. The molecule has 1 aliphatic carbocycles. The van der Waals surface area contributed by atoms with Crippen LogP contribution < -0.4 is 5.32 Å². The van der Waals surface area contributed by atoms with E-state index in [1.807, 2.05) is 13.8 Å². The number of carbonyl (C=O) groups excluding carboxylic acids is 2. The number of nitrogens with zero attached hydrogens (tertiary/aromatic N) is 3. The predicted molar refractivity (Wildman–Crippen MR) is 101 cm³/mol. The van der Waals surface area contributed by atoms with Gasteiger partial charge in [-0.25, -0.2) is 4.39 Å². The quantitative estimate of drug-likeness (QED) is 0.829. The highest BCUT2D eigenvalue weighted by Gasteiger charge is 2.48. The number of aryl methyl sites for hydroxylation is 2. The van der Waals surface area contributed by atoms with Crippen LogP contribution in [-0.2, 0) is 4.79 Å². The molecule has 1 saturated heterocycles. The van der Waals surface area contributed by atoms with Gasteiger partial charge in [0.25, 0.3) is 11.8 Å². The number of fused-ring (bicyclic) bond motifs is 1. The maximum Gasteiger partial charge on any atom is 0.257 e. The minimum absolute atomic E-state index is 0.0626. The molecule has 0 spiro atoms. The van der Waals surface area contributed by atoms with Gasteiger partial charge in [-0.2, -0.15) is 10.2 Å². The van der Waals surface area contributed by atoms with E-state index in [4.69, 9.17) is 0 Å². The van der Waals surface area contributed by atoms with Crippen molar-refractivity contribution in [3.63, 3.8) is 0 Å². The Bertz CT molecular complexity index is 967. The third-order valence-corrected chi connectivity index (χ3v) is 5.89. The summed E-state index contributed by atoms with van der Waals surface area (Å²) in [7, 11) is 0. The topological polar surface area (TPSA) is 95.4 Å². The normalized spacial score (nSPS) is 19.6. The van der Waals surface area contributed by atoms with Crippen LogP contribution in [0, 0.1) is 13.8 Å². The van der Waals surface area contributed by atoms with E-state index < -0.39 is 17.2 Å². The lowest BCUT2D eigenvalue weighted by atomic mass is 9.81. The van der Waals surface area contributed by atoms with Crippen molar-refractivity contribution < 1.29 is 19.1 Å². The van der Waals surface area contributed by atoms with Crippen molar-refractivity contribution in [3.8, 4) is 0 Å². The first-order valence-electron chi connectivity index (χ1n) is 9.43. The van der Waals surface area contributed by atoms with Gasteiger partial charge in [-0.05, 0) is 56.9 Å². The van der Waals surface area contributed by atoms with E-state index in [0.29, 0.717) is 12.0 Å². The first-order chi connectivity index (χ1) is 13.2. The fourth-order valence-corrected chi connectivity index (χ4v) is 3.68. The third kappa shape index (κ3) is 3.11. The number of rotatable bonds is 4. The van der Waals surface area contributed by atoms with Crippen LogP contribution in [0.25, 0.3) is 10.9 Å². The molecule has 148 valence electrons. The second-order valence-electron chi connectivity index (χ2n) is 8.03. The van der Waals surface area contributed by atoms with Crippen LogP contribution in [0.1, 0.15) is 40.9 Å². The van der Waals surface area contributed by atoms with E-state index in [0.717, 1.165) is 22.2 Å². The smallest absolute Gasteiger partial charge is 0.257 e. The van der Waals surface area contributed by atoms with Crippen molar-refractivity contribution in [2.45, 2.75) is 44.4 Å². The second kappa shape index (κ2) is 6.48. The number of β-amino-alcohol motifs (C(OH)–C–C–N with tert-alkyl or cyclic N) is 1. The number of aromatic nitrogens is 2. The van der Waals surface area contributed by atoms with E-state index in [1.54, 1.807) is 18.2 Å². The highest BCUT2D eigenvalue weighted by atomic mass is 19.1. The average molecular weight is 386 g/mol. The van der Waals surface area contributed by atoms with E-state index in [1.165, 1.54) is 4.90 Å². The molecule has 1 aromatic heterocycles. The van der Waals surface area contributed by atoms with Crippen molar-refractivity contribution in [1.29, 1.82) is 0 Å². The fourth-order valence-electron chi connectivity index (χ4n) is 3.68. The number of hydrogen-bond acceptors (Lipinski definition) is 5. The van der Waals surface area contributed by atoms with Crippen LogP contribution in [-0.4, -0.2) is 62.9 Å². The molecule has 2 aliphatic rings. The number of aliphatic hydroxyl groups is 1.